The van der Waals surface area contributed by atoms with Gasteiger partial charge in [-0.15, -0.1) is 0 Å². The van der Waals surface area contributed by atoms with Crippen molar-refractivity contribution in [2.75, 3.05) is 10.6 Å². The number of aryl methyl sites for hydroxylation is 2. The molecule has 0 fully saturated rings. The van der Waals surface area contributed by atoms with Crippen molar-refractivity contribution in [3.8, 4) is 0 Å². The lowest BCUT2D eigenvalue weighted by atomic mass is 10.1. The van der Waals surface area contributed by atoms with Gasteiger partial charge in [0.15, 0.2) is 0 Å². The van der Waals surface area contributed by atoms with Crippen LogP contribution >= 0.6 is 11.6 Å². The van der Waals surface area contributed by atoms with Crippen molar-refractivity contribution >= 4 is 34.8 Å². The van der Waals surface area contributed by atoms with Gasteiger partial charge in [0.05, 0.1) is 10.7 Å². The van der Waals surface area contributed by atoms with Crippen LogP contribution in [0.2, 0.25) is 5.02 Å². The van der Waals surface area contributed by atoms with Gasteiger partial charge in [0.2, 0.25) is 5.91 Å². The monoisotopic (exact) mass is 328 g/mol. The molecule has 0 saturated heterocycles. The number of amides is 2. The van der Waals surface area contributed by atoms with E-state index in [4.69, 9.17) is 11.6 Å². The number of carbonyl (C=O) groups is 2. The molecule has 0 spiro atoms. The van der Waals surface area contributed by atoms with Crippen molar-refractivity contribution in [3.05, 3.63) is 58.1 Å². The molecule has 5 heteroatoms. The normalized spacial score (nSPS) is 12.6. The fraction of sp³-hybridized carbons (Fsp3) is 0.222. The van der Waals surface area contributed by atoms with Crippen LogP contribution in [-0.2, 0) is 17.6 Å². The summed E-state index contributed by atoms with van der Waals surface area (Å²) in [4.78, 5) is 23.4. The van der Waals surface area contributed by atoms with Crippen LogP contribution in [0.25, 0.3) is 0 Å². The van der Waals surface area contributed by atoms with Crippen molar-refractivity contribution < 1.29 is 9.59 Å². The van der Waals surface area contributed by atoms with E-state index in [0.717, 1.165) is 19.3 Å². The lowest BCUT2D eigenvalue weighted by Gasteiger charge is -2.10. The molecule has 0 heterocycles. The van der Waals surface area contributed by atoms with Gasteiger partial charge in [-0.05, 0) is 60.7 Å². The summed E-state index contributed by atoms with van der Waals surface area (Å²) in [6, 6.07) is 10.9. The standard InChI is InChI=1S/C18H17ClN2O2/c1-11(22)20-17-8-7-15(10-16(17)19)21-18(23)14-6-5-12-3-2-4-13(12)9-14/h5-10H,2-4H2,1H3,(H,20,22)(H,21,23). The summed E-state index contributed by atoms with van der Waals surface area (Å²) in [5.41, 5.74) is 4.36. The van der Waals surface area contributed by atoms with E-state index in [2.05, 4.69) is 10.6 Å². The number of rotatable bonds is 3. The third-order valence-corrected chi connectivity index (χ3v) is 4.21. The number of nitrogens with one attached hydrogen (secondary N) is 2. The first-order chi connectivity index (χ1) is 11.0. The number of carbonyl (C=O) groups excluding carboxylic acids is 2. The lowest BCUT2D eigenvalue weighted by Crippen LogP contribution is -2.12. The van der Waals surface area contributed by atoms with Crippen LogP contribution in [0.1, 0.15) is 34.8 Å². The predicted octanol–water partition coefficient (Wildman–Crippen LogP) is 4.04. The fourth-order valence-corrected chi connectivity index (χ4v) is 3.03. The van der Waals surface area contributed by atoms with Gasteiger partial charge in [-0.3, -0.25) is 9.59 Å². The second-order valence-electron chi connectivity index (χ2n) is 5.67. The molecule has 2 N–H and O–H groups in total. The zero-order valence-corrected chi connectivity index (χ0v) is 13.5. The Bertz CT molecular complexity index is 787. The molecule has 4 nitrogen and oxygen atoms in total. The number of anilines is 2. The molecule has 118 valence electrons. The highest BCUT2D eigenvalue weighted by Crippen LogP contribution is 2.27. The van der Waals surface area contributed by atoms with E-state index in [0.29, 0.717) is 22.0 Å². The molecular formula is C18H17ClN2O2. The van der Waals surface area contributed by atoms with Gasteiger partial charge in [0.1, 0.15) is 0 Å². The molecular weight excluding hydrogens is 312 g/mol. The minimum Gasteiger partial charge on any atom is -0.325 e. The first-order valence-electron chi connectivity index (χ1n) is 7.53. The van der Waals surface area contributed by atoms with Gasteiger partial charge in [-0.25, -0.2) is 0 Å². The predicted molar refractivity (Wildman–Crippen MR) is 92.2 cm³/mol. The Labute approximate surface area is 139 Å². The molecule has 2 aromatic rings. The largest absolute Gasteiger partial charge is 0.325 e. The lowest BCUT2D eigenvalue weighted by molar-refractivity contribution is -0.114. The van der Waals surface area contributed by atoms with E-state index in [-0.39, 0.29) is 11.8 Å². The molecule has 2 aromatic carbocycles. The number of benzene rings is 2. The van der Waals surface area contributed by atoms with Gasteiger partial charge in [0.25, 0.3) is 5.91 Å². The van der Waals surface area contributed by atoms with Crippen LogP contribution < -0.4 is 10.6 Å². The minimum absolute atomic E-state index is 0.164. The summed E-state index contributed by atoms with van der Waals surface area (Å²) in [6.45, 7) is 1.42. The van der Waals surface area contributed by atoms with Gasteiger partial charge in [-0.2, -0.15) is 0 Å². The molecule has 0 unspecified atom stereocenters. The van der Waals surface area contributed by atoms with Gasteiger partial charge < -0.3 is 10.6 Å². The summed E-state index contributed by atoms with van der Waals surface area (Å²) in [5.74, 6) is -0.357. The van der Waals surface area contributed by atoms with Crippen molar-refractivity contribution in [3.63, 3.8) is 0 Å². The fourth-order valence-electron chi connectivity index (χ4n) is 2.80. The maximum absolute atomic E-state index is 12.4. The van der Waals surface area contributed by atoms with Crippen molar-refractivity contribution in [2.24, 2.45) is 0 Å². The van der Waals surface area contributed by atoms with Crippen molar-refractivity contribution in [2.45, 2.75) is 26.2 Å². The molecule has 0 atom stereocenters. The molecule has 0 bridgehead atoms. The van der Waals surface area contributed by atoms with Crippen molar-refractivity contribution in [1.29, 1.82) is 0 Å². The molecule has 0 aromatic heterocycles. The summed E-state index contributed by atoms with van der Waals surface area (Å²) in [6.07, 6.45) is 3.28. The SMILES string of the molecule is CC(=O)Nc1ccc(NC(=O)c2ccc3c(c2)CCC3)cc1Cl. The first-order valence-corrected chi connectivity index (χ1v) is 7.91. The van der Waals surface area contributed by atoms with Crippen molar-refractivity contribution in [1.82, 2.24) is 0 Å². The van der Waals surface area contributed by atoms with Gasteiger partial charge >= 0.3 is 0 Å². The average Bonchev–Trinajstić information content (AvgIpc) is 2.97. The third kappa shape index (κ3) is 3.54. The Morgan fingerprint density at radius 3 is 2.52 bits per heavy atom. The molecule has 3 rings (SSSR count). The Balaban J connectivity index is 1.75. The molecule has 0 radical (unpaired) electrons. The molecule has 1 aliphatic rings. The smallest absolute Gasteiger partial charge is 0.255 e. The van der Waals surface area contributed by atoms with E-state index in [1.165, 1.54) is 18.1 Å². The van der Waals surface area contributed by atoms with E-state index < -0.39 is 0 Å². The van der Waals surface area contributed by atoms with Crippen LogP contribution in [0, 0.1) is 0 Å². The zero-order valence-electron chi connectivity index (χ0n) is 12.8. The second kappa shape index (κ2) is 6.42. The Kier molecular flexibility index (Phi) is 4.35. The minimum atomic E-state index is -0.193. The molecule has 23 heavy (non-hydrogen) atoms. The Morgan fingerprint density at radius 2 is 1.78 bits per heavy atom. The first kappa shape index (κ1) is 15.6. The molecule has 0 aliphatic heterocycles. The highest BCUT2D eigenvalue weighted by atomic mass is 35.5. The topological polar surface area (TPSA) is 58.2 Å². The number of hydrogen-bond donors (Lipinski definition) is 2. The number of fused-ring (bicyclic) bond motifs is 1. The summed E-state index contributed by atoms with van der Waals surface area (Å²) in [7, 11) is 0. The van der Waals surface area contributed by atoms with E-state index in [1.807, 2.05) is 18.2 Å². The average molecular weight is 329 g/mol. The Hall–Kier alpha value is -2.33. The highest BCUT2D eigenvalue weighted by Gasteiger charge is 2.14. The third-order valence-electron chi connectivity index (χ3n) is 3.90. The van der Waals surface area contributed by atoms with E-state index in [9.17, 15) is 9.59 Å². The summed E-state index contributed by atoms with van der Waals surface area (Å²) in [5, 5.41) is 5.85. The summed E-state index contributed by atoms with van der Waals surface area (Å²) >= 11 is 6.11. The second-order valence-corrected chi connectivity index (χ2v) is 6.07. The van der Waals surface area contributed by atoms with E-state index >= 15 is 0 Å². The Morgan fingerprint density at radius 1 is 1.00 bits per heavy atom. The highest BCUT2D eigenvalue weighted by molar-refractivity contribution is 6.34. The maximum Gasteiger partial charge on any atom is 0.255 e. The van der Waals surface area contributed by atoms with Gasteiger partial charge in [0, 0.05) is 18.2 Å². The van der Waals surface area contributed by atoms with E-state index in [1.54, 1.807) is 18.2 Å². The quantitative estimate of drug-likeness (QED) is 0.893. The van der Waals surface area contributed by atoms with Crippen LogP contribution in [0.3, 0.4) is 0 Å². The molecule has 1 aliphatic carbocycles. The number of halogens is 1. The van der Waals surface area contributed by atoms with Crippen LogP contribution in [0.4, 0.5) is 11.4 Å². The van der Waals surface area contributed by atoms with Crippen LogP contribution in [0.15, 0.2) is 36.4 Å². The number of hydrogen-bond acceptors (Lipinski definition) is 2. The van der Waals surface area contributed by atoms with Crippen LogP contribution in [-0.4, -0.2) is 11.8 Å². The van der Waals surface area contributed by atoms with Crippen LogP contribution in [0.5, 0.6) is 0 Å². The molecule has 0 saturated carbocycles. The molecule has 2 amide bonds. The maximum atomic E-state index is 12.4. The summed E-state index contributed by atoms with van der Waals surface area (Å²) < 4.78 is 0. The van der Waals surface area contributed by atoms with Gasteiger partial charge in [-0.1, -0.05) is 17.7 Å². The zero-order chi connectivity index (χ0) is 16.4.